The Hall–Kier alpha value is -1.06. The monoisotopic (exact) mass is 182 g/mol. The largest absolute Gasteiger partial charge is 0.385 e. The van der Waals surface area contributed by atoms with E-state index in [9.17, 15) is 5.11 Å². The molecule has 3 N–H and O–H groups in total. The molecule has 1 aromatic rings. The molecule has 4 heteroatoms. The van der Waals surface area contributed by atoms with E-state index >= 15 is 0 Å². The third-order valence-electron chi connectivity index (χ3n) is 1.81. The first kappa shape index (κ1) is 7.58. The summed E-state index contributed by atoms with van der Waals surface area (Å²) in [4.78, 5) is 3.96. The van der Waals surface area contributed by atoms with Crippen LogP contribution >= 0.6 is 11.6 Å². The van der Waals surface area contributed by atoms with Crippen molar-refractivity contribution < 1.29 is 5.11 Å². The number of aliphatic hydroxyl groups is 1. The van der Waals surface area contributed by atoms with Crippen LogP contribution in [0.2, 0.25) is 5.02 Å². The van der Waals surface area contributed by atoms with Gasteiger partial charge in [0.05, 0.1) is 5.69 Å². The second-order valence-electron chi connectivity index (χ2n) is 2.64. The number of halogens is 1. The summed E-state index contributed by atoms with van der Waals surface area (Å²) in [5.74, 6) is 0.229. The molecule has 0 saturated carbocycles. The fourth-order valence-corrected chi connectivity index (χ4v) is 1.39. The molecule has 0 aliphatic carbocycles. The number of nitrogens with two attached hydrogens (primary N) is 1. The number of rotatable bonds is 0. The zero-order valence-electron chi connectivity index (χ0n) is 6.16. The lowest BCUT2D eigenvalue weighted by Crippen LogP contribution is -2.17. The van der Waals surface area contributed by atoms with Crippen LogP contribution in [0.25, 0.3) is 0 Å². The van der Waals surface area contributed by atoms with Gasteiger partial charge in [0.25, 0.3) is 0 Å². The highest BCUT2D eigenvalue weighted by Gasteiger charge is 2.22. The molecule has 0 radical (unpaired) electrons. The summed E-state index contributed by atoms with van der Waals surface area (Å²) in [5, 5.41) is 10.0. The zero-order valence-corrected chi connectivity index (χ0v) is 6.92. The van der Waals surface area contributed by atoms with Crippen molar-refractivity contribution in [2.24, 2.45) is 10.7 Å². The molecule has 1 unspecified atom stereocenters. The number of aliphatic imine (C=N–C) groups is 1. The average molecular weight is 183 g/mol. The maximum atomic E-state index is 9.46. The average Bonchev–Trinajstić information content (AvgIpc) is 2.31. The Kier molecular flexibility index (Phi) is 1.56. The van der Waals surface area contributed by atoms with Crippen LogP contribution in [0.5, 0.6) is 0 Å². The molecule has 1 aliphatic rings. The Morgan fingerprint density at radius 2 is 2.25 bits per heavy atom. The molecule has 0 spiro atoms. The van der Waals surface area contributed by atoms with Crippen LogP contribution in [-0.4, -0.2) is 10.9 Å². The standard InChI is InChI=1S/C8H7ClN2O/c9-4-1-2-6-5(3-4)7(12)8(10)11-6/h1-3,7,12H,(H2,10,11). The van der Waals surface area contributed by atoms with Gasteiger partial charge in [-0.3, -0.25) is 0 Å². The Morgan fingerprint density at radius 1 is 1.50 bits per heavy atom. The van der Waals surface area contributed by atoms with E-state index < -0.39 is 6.10 Å². The van der Waals surface area contributed by atoms with Crippen molar-refractivity contribution in [2.45, 2.75) is 6.10 Å². The number of aliphatic hydroxyl groups excluding tert-OH is 1. The fourth-order valence-electron chi connectivity index (χ4n) is 1.21. The Balaban J connectivity index is 2.57. The first-order valence-electron chi connectivity index (χ1n) is 3.50. The third kappa shape index (κ3) is 0.983. The van der Waals surface area contributed by atoms with E-state index in [0.717, 1.165) is 0 Å². The van der Waals surface area contributed by atoms with Crippen molar-refractivity contribution in [1.82, 2.24) is 0 Å². The van der Waals surface area contributed by atoms with Crippen LogP contribution in [-0.2, 0) is 0 Å². The minimum absolute atomic E-state index is 0.229. The highest BCUT2D eigenvalue weighted by Crippen LogP contribution is 2.33. The molecule has 1 aliphatic heterocycles. The summed E-state index contributed by atoms with van der Waals surface area (Å²) >= 11 is 5.73. The van der Waals surface area contributed by atoms with Gasteiger partial charge in [-0.15, -0.1) is 0 Å². The van der Waals surface area contributed by atoms with Crippen molar-refractivity contribution in [3.8, 4) is 0 Å². The van der Waals surface area contributed by atoms with Crippen LogP contribution in [0.15, 0.2) is 23.2 Å². The van der Waals surface area contributed by atoms with Gasteiger partial charge in [0.15, 0.2) is 0 Å². The highest BCUT2D eigenvalue weighted by molar-refractivity contribution is 6.30. The lowest BCUT2D eigenvalue weighted by Gasteiger charge is -2.03. The molecular weight excluding hydrogens is 176 g/mol. The molecule has 1 heterocycles. The van der Waals surface area contributed by atoms with Gasteiger partial charge in [0.2, 0.25) is 0 Å². The van der Waals surface area contributed by atoms with Gasteiger partial charge in [0, 0.05) is 10.6 Å². The number of nitrogens with zero attached hydrogens (tertiary/aromatic N) is 1. The van der Waals surface area contributed by atoms with E-state index in [2.05, 4.69) is 4.99 Å². The van der Waals surface area contributed by atoms with Crippen molar-refractivity contribution in [3.63, 3.8) is 0 Å². The fraction of sp³-hybridized carbons (Fsp3) is 0.125. The van der Waals surface area contributed by atoms with Gasteiger partial charge in [-0.2, -0.15) is 0 Å². The maximum Gasteiger partial charge on any atom is 0.138 e. The van der Waals surface area contributed by atoms with Crippen molar-refractivity contribution >= 4 is 23.1 Å². The SMILES string of the molecule is NC1=Nc2ccc(Cl)cc2C1O. The van der Waals surface area contributed by atoms with Crippen molar-refractivity contribution in [2.75, 3.05) is 0 Å². The molecule has 0 amide bonds. The van der Waals surface area contributed by atoms with E-state index in [1.807, 2.05) is 0 Å². The molecular formula is C8H7ClN2O. The second-order valence-corrected chi connectivity index (χ2v) is 3.08. The van der Waals surface area contributed by atoms with Crippen molar-refractivity contribution in [3.05, 3.63) is 28.8 Å². The number of fused-ring (bicyclic) bond motifs is 1. The van der Waals surface area contributed by atoms with Crippen LogP contribution in [0, 0.1) is 0 Å². The van der Waals surface area contributed by atoms with E-state index in [-0.39, 0.29) is 5.84 Å². The molecule has 0 aromatic heterocycles. The third-order valence-corrected chi connectivity index (χ3v) is 2.05. The molecule has 0 bridgehead atoms. The van der Waals surface area contributed by atoms with Crippen molar-refractivity contribution in [1.29, 1.82) is 0 Å². The Morgan fingerprint density at radius 3 is 3.00 bits per heavy atom. The lowest BCUT2D eigenvalue weighted by molar-refractivity contribution is 0.250. The summed E-state index contributed by atoms with van der Waals surface area (Å²) in [6.45, 7) is 0. The number of hydrogen-bond acceptors (Lipinski definition) is 3. The van der Waals surface area contributed by atoms with Gasteiger partial charge < -0.3 is 10.8 Å². The predicted molar refractivity (Wildman–Crippen MR) is 47.7 cm³/mol. The topological polar surface area (TPSA) is 58.6 Å². The predicted octanol–water partition coefficient (Wildman–Crippen LogP) is 1.38. The zero-order chi connectivity index (χ0) is 8.72. The summed E-state index contributed by atoms with van der Waals surface area (Å²) in [7, 11) is 0. The smallest absolute Gasteiger partial charge is 0.138 e. The minimum Gasteiger partial charge on any atom is -0.385 e. The lowest BCUT2D eigenvalue weighted by atomic mass is 10.1. The summed E-state index contributed by atoms with van der Waals surface area (Å²) < 4.78 is 0. The van der Waals surface area contributed by atoms with Crippen LogP contribution in [0.4, 0.5) is 5.69 Å². The summed E-state index contributed by atoms with van der Waals surface area (Å²) in [6, 6.07) is 5.13. The van der Waals surface area contributed by atoms with Gasteiger partial charge >= 0.3 is 0 Å². The van der Waals surface area contributed by atoms with Crippen LogP contribution in [0.3, 0.4) is 0 Å². The molecule has 1 aromatic carbocycles. The van der Waals surface area contributed by atoms with Gasteiger partial charge in [-0.25, -0.2) is 4.99 Å². The molecule has 1 atom stereocenters. The van der Waals surface area contributed by atoms with Gasteiger partial charge in [-0.1, -0.05) is 11.6 Å². The van der Waals surface area contributed by atoms with Gasteiger partial charge in [-0.05, 0) is 18.2 Å². The summed E-state index contributed by atoms with van der Waals surface area (Å²) in [6.07, 6.45) is -0.793. The Labute approximate surface area is 74.5 Å². The van der Waals surface area contributed by atoms with E-state index in [4.69, 9.17) is 17.3 Å². The Bertz CT molecular complexity index is 362. The van der Waals surface area contributed by atoms with E-state index in [1.54, 1.807) is 18.2 Å². The van der Waals surface area contributed by atoms with E-state index in [1.165, 1.54) is 0 Å². The second kappa shape index (κ2) is 2.47. The maximum absolute atomic E-state index is 9.46. The summed E-state index contributed by atoms with van der Waals surface area (Å²) in [5.41, 5.74) is 6.81. The molecule has 0 saturated heterocycles. The van der Waals surface area contributed by atoms with Gasteiger partial charge in [0.1, 0.15) is 11.9 Å². The van der Waals surface area contributed by atoms with E-state index in [0.29, 0.717) is 16.3 Å². The number of amidine groups is 1. The number of benzene rings is 1. The quantitative estimate of drug-likeness (QED) is 0.637. The normalized spacial score (nSPS) is 20.5. The molecule has 12 heavy (non-hydrogen) atoms. The van der Waals surface area contributed by atoms with Crippen LogP contribution < -0.4 is 5.73 Å². The molecule has 2 rings (SSSR count). The number of hydrogen-bond donors (Lipinski definition) is 2. The molecule has 62 valence electrons. The molecule has 0 fully saturated rings. The first-order valence-corrected chi connectivity index (χ1v) is 3.88. The van der Waals surface area contributed by atoms with Crippen LogP contribution in [0.1, 0.15) is 11.7 Å². The molecule has 3 nitrogen and oxygen atoms in total. The minimum atomic E-state index is -0.793. The first-order chi connectivity index (χ1) is 5.68. The highest BCUT2D eigenvalue weighted by atomic mass is 35.5.